The molecular weight excluding hydrogens is 1660 g/mol. The summed E-state index contributed by atoms with van der Waals surface area (Å²) >= 11 is 0. The Kier molecular flexibility index (Phi) is 29.2. The Labute approximate surface area is 714 Å². The molecule has 0 aromatic rings. The third kappa shape index (κ3) is 17.1. The van der Waals surface area contributed by atoms with Crippen molar-refractivity contribution in [1.82, 2.24) is 0 Å². The van der Waals surface area contributed by atoms with E-state index in [1.54, 1.807) is 6.92 Å². The minimum Gasteiger partial charge on any atom is -0.432 e. The number of esters is 1. The van der Waals surface area contributed by atoms with Gasteiger partial charge < -0.3 is 208 Å². The first-order chi connectivity index (χ1) is 58.2. The monoisotopic (exact) mass is 1790 g/mol. The van der Waals surface area contributed by atoms with Crippen molar-refractivity contribution in [1.29, 1.82) is 0 Å². The predicted molar refractivity (Wildman–Crippen MR) is 405 cm³/mol. The molecule has 9 heterocycles. The molecule has 124 heavy (non-hydrogen) atoms. The first-order valence-electron chi connectivity index (χ1n) is 43.2. The van der Waals surface area contributed by atoms with E-state index in [2.05, 4.69) is 40.7 Å². The summed E-state index contributed by atoms with van der Waals surface area (Å²) in [5.74, 6) is -1.97. The quantitative estimate of drug-likeness (QED) is 0.0272. The molecule has 0 bridgehead atoms. The normalized spacial score (nSPS) is 56.0. The van der Waals surface area contributed by atoms with Crippen LogP contribution in [0.5, 0.6) is 0 Å². The van der Waals surface area contributed by atoms with Gasteiger partial charge in [-0.1, -0.05) is 53.2 Å². The number of ether oxygens (including phenoxy) is 18. The maximum atomic E-state index is 16.4. The first-order valence-corrected chi connectivity index (χ1v) is 43.2. The van der Waals surface area contributed by atoms with Gasteiger partial charge in [-0.3, -0.25) is 4.79 Å². The van der Waals surface area contributed by atoms with Gasteiger partial charge in [-0.05, 0) is 125 Å². The molecule has 0 aromatic heterocycles. The van der Waals surface area contributed by atoms with Gasteiger partial charge in [-0.15, -0.1) is 0 Å². The van der Waals surface area contributed by atoms with Crippen LogP contribution in [0.25, 0.3) is 0 Å². The lowest BCUT2D eigenvalue weighted by Gasteiger charge is -2.72. The Balaban J connectivity index is 0.728. The zero-order valence-corrected chi connectivity index (χ0v) is 70.9. The van der Waals surface area contributed by atoms with Gasteiger partial charge in [0.25, 0.3) is 0 Å². The number of fused-ring (bicyclic) bond motifs is 7. The topological polar surface area (TPSA) is 669 Å². The van der Waals surface area contributed by atoms with Gasteiger partial charge >= 0.3 is 5.97 Å². The van der Waals surface area contributed by atoms with Crippen LogP contribution in [-0.4, -0.2) is 438 Å². The highest BCUT2D eigenvalue weighted by Gasteiger charge is 2.73. The van der Waals surface area contributed by atoms with E-state index < -0.39 is 355 Å². The predicted octanol–water partition coefficient (Wildman–Crippen LogP) is -8.94. The highest BCUT2D eigenvalue weighted by atomic mass is 16.8. The number of allylic oxidation sites excluding steroid dienone is 2. The number of aliphatic hydroxyl groups is 24. The van der Waals surface area contributed by atoms with Gasteiger partial charge in [0, 0.05) is 5.41 Å². The third-order valence-electron chi connectivity index (χ3n) is 30.9. The van der Waals surface area contributed by atoms with E-state index in [1.807, 2.05) is 0 Å². The van der Waals surface area contributed by atoms with Crippen molar-refractivity contribution < 1.29 is 213 Å². The molecule has 0 radical (unpaired) electrons. The van der Waals surface area contributed by atoms with Crippen LogP contribution < -0.4 is 0 Å². The van der Waals surface area contributed by atoms with Crippen molar-refractivity contribution in [3.8, 4) is 0 Å². The Morgan fingerprint density at radius 2 is 0.863 bits per heavy atom. The molecule has 13 fully saturated rings. The van der Waals surface area contributed by atoms with Crippen LogP contribution in [-0.2, 0) is 90.1 Å². The molecule has 9 aliphatic heterocycles. The van der Waals surface area contributed by atoms with Gasteiger partial charge in [0.15, 0.2) is 56.4 Å². The molecule has 51 atom stereocenters. The third-order valence-corrected chi connectivity index (χ3v) is 30.9. The summed E-state index contributed by atoms with van der Waals surface area (Å²) in [5, 5.41) is 270. The lowest BCUT2D eigenvalue weighted by Crippen LogP contribution is -2.70. The molecule has 14 aliphatic rings. The zero-order valence-electron chi connectivity index (χ0n) is 70.9. The highest BCUT2D eigenvalue weighted by Crippen LogP contribution is 2.76. The fourth-order valence-electron chi connectivity index (χ4n) is 23.0. The maximum absolute atomic E-state index is 16.4. The molecular formula is C81H132O43. The van der Waals surface area contributed by atoms with Crippen molar-refractivity contribution in [2.45, 2.75) is 391 Å². The average molecular weight is 1790 g/mol. The molecule has 714 valence electrons. The number of rotatable bonds is 22. The fourth-order valence-corrected chi connectivity index (χ4v) is 23.0. The fraction of sp³-hybridized carbons (Fsp3) is 0.963. The molecule has 4 saturated carbocycles. The van der Waals surface area contributed by atoms with Crippen LogP contribution in [0, 0.1) is 50.2 Å². The van der Waals surface area contributed by atoms with Crippen molar-refractivity contribution >= 4 is 5.97 Å². The summed E-state index contributed by atoms with van der Waals surface area (Å²) in [6, 6.07) is 0. The molecule has 0 aromatic carbocycles. The standard InChI is InChI=1S/C81H132O43/c1-28-41(89)47(95)50(98)67(110-28)117-57-36(88)24-108-66(52(57)100)116-56-31(4)113-69(55(103)61(56)120-65-49(97)44(92)35(87)23-107-65)122-62-60(121-68-51(99)48(96)42(90)29(2)111-68)43(91)30(3)112-72(62)124-74(105)80-17-15-75(5,6)19-33(80)32-11-12-40-76(7)20-34(86)64(77(8,25-84)39(76)13-14-79(40,10)78(32,9)16-18-80)123-71-54(102)58(45(93)38(22-83)115-71)118-70-53(101)59(46(94)37(21-82)114-70)119-73-63(104)81(106,26-85)27-109-73/h11,28-31,33-73,82-104,106H,12-27H2,1-10H3. The smallest absolute Gasteiger partial charge is 0.315 e. The van der Waals surface area contributed by atoms with Crippen LogP contribution in [0.15, 0.2) is 11.6 Å². The highest BCUT2D eigenvalue weighted by molar-refractivity contribution is 5.79. The molecule has 0 amide bonds. The van der Waals surface area contributed by atoms with Crippen LogP contribution in [0.2, 0.25) is 0 Å². The zero-order chi connectivity index (χ0) is 90.4. The second kappa shape index (κ2) is 37.1. The summed E-state index contributed by atoms with van der Waals surface area (Å²) in [7, 11) is 0. The van der Waals surface area contributed by atoms with E-state index in [-0.39, 0.29) is 30.6 Å². The average Bonchev–Trinajstić information content (AvgIpc) is 0.690. The van der Waals surface area contributed by atoms with E-state index >= 15 is 4.79 Å². The summed E-state index contributed by atoms with van der Waals surface area (Å²) in [6.07, 6.45) is -68.8. The first kappa shape index (κ1) is 97.6. The lowest BCUT2D eigenvalue weighted by molar-refractivity contribution is -0.403. The van der Waals surface area contributed by atoms with Crippen LogP contribution in [0.4, 0.5) is 0 Å². The van der Waals surface area contributed by atoms with Crippen LogP contribution in [0.1, 0.15) is 127 Å². The largest absolute Gasteiger partial charge is 0.432 e. The number of carbonyl (C=O) groups is 1. The SMILES string of the molecule is CC1OC(OC2C(O)COC(OC3C(C)OC(OC4C(OC(=O)C56CCC(C)(C)CC5C5=CCC7C8(C)CC(O)C(OC9OC(CO)C(O)C(OC%10OC(CO)C(O)C(OC%11OCC(O)(CO)C%11O)C%10O)C9O)C(C)(CO)C8CCC7(C)C5(C)CC6)OC(C)C(O)C4OC4OC(C)C(O)C(O)C4O)C(O)C3OC3OCC(O)C(O)C3O)C2O)C(O)C(O)C1O. The van der Waals surface area contributed by atoms with Crippen molar-refractivity contribution in [2.75, 3.05) is 46.2 Å². The molecule has 43 nitrogen and oxygen atoms in total. The van der Waals surface area contributed by atoms with Crippen molar-refractivity contribution in [2.24, 2.45) is 50.2 Å². The Morgan fingerprint density at radius 3 is 1.44 bits per heavy atom. The van der Waals surface area contributed by atoms with Crippen molar-refractivity contribution in [3.63, 3.8) is 0 Å². The number of hydrogen-bond acceptors (Lipinski definition) is 43. The molecule has 14 rings (SSSR count). The summed E-state index contributed by atoms with van der Waals surface area (Å²) < 4.78 is 110. The second-order valence-corrected chi connectivity index (χ2v) is 39.0. The number of hydrogen-bond donors (Lipinski definition) is 24. The molecule has 5 aliphatic carbocycles. The van der Waals surface area contributed by atoms with Crippen LogP contribution >= 0.6 is 0 Å². The van der Waals surface area contributed by atoms with Crippen molar-refractivity contribution in [3.05, 3.63) is 11.6 Å². The maximum Gasteiger partial charge on any atom is 0.315 e. The molecule has 9 saturated heterocycles. The minimum absolute atomic E-state index is 0.0713. The molecule has 0 spiro atoms. The molecule has 43 heteroatoms. The van der Waals surface area contributed by atoms with E-state index in [0.29, 0.717) is 38.5 Å². The summed E-state index contributed by atoms with van der Waals surface area (Å²) in [4.78, 5) is 16.4. The Hall–Kier alpha value is -2.43. The summed E-state index contributed by atoms with van der Waals surface area (Å²) in [5.41, 5.74) is -6.35. The number of carbonyl (C=O) groups excluding carboxylic acids is 1. The van der Waals surface area contributed by atoms with Crippen LogP contribution in [0.3, 0.4) is 0 Å². The van der Waals surface area contributed by atoms with Gasteiger partial charge in [0.2, 0.25) is 6.29 Å². The Bertz CT molecular complexity index is 3620. The molecule has 51 unspecified atom stereocenters. The van der Waals surface area contributed by atoms with E-state index in [1.165, 1.54) is 27.7 Å². The van der Waals surface area contributed by atoms with Gasteiger partial charge in [-0.25, -0.2) is 0 Å². The summed E-state index contributed by atoms with van der Waals surface area (Å²) in [6.45, 7) is 12.9. The van der Waals surface area contributed by atoms with Gasteiger partial charge in [0.1, 0.15) is 164 Å². The van der Waals surface area contributed by atoms with Gasteiger partial charge in [-0.2, -0.15) is 0 Å². The Morgan fingerprint density at radius 1 is 0.403 bits per heavy atom. The van der Waals surface area contributed by atoms with E-state index in [9.17, 15) is 123 Å². The van der Waals surface area contributed by atoms with E-state index in [0.717, 1.165) is 5.57 Å². The molecule has 24 N–H and O–H groups in total. The minimum atomic E-state index is -2.21. The second-order valence-electron chi connectivity index (χ2n) is 39.0. The van der Waals surface area contributed by atoms with E-state index in [4.69, 9.17) is 85.3 Å². The van der Waals surface area contributed by atoms with Gasteiger partial charge in [0.05, 0.1) is 88.3 Å². The number of aliphatic hydroxyl groups excluding tert-OH is 23. The lowest BCUT2D eigenvalue weighted by atomic mass is 9.33.